The first-order chi connectivity index (χ1) is 22.4. The minimum absolute atomic E-state index is 0.977. The molecule has 234 valence electrons. The first-order valence-electron chi connectivity index (χ1n) is 17.4. The number of benzene rings is 2. The summed E-state index contributed by atoms with van der Waals surface area (Å²) in [5.74, 6) is 0. The van der Waals surface area contributed by atoms with Gasteiger partial charge in [-0.05, 0) is 133 Å². The highest BCUT2D eigenvalue weighted by Gasteiger charge is 2.22. The maximum Gasteiger partial charge on any atom is 0.0738 e. The lowest BCUT2D eigenvalue weighted by atomic mass is 9.97. The first kappa shape index (κ1) is 30.2. The number of unbranched alkanes of at least 4 members (excludes halogenated alkanes) is 2. The highest BCUT2D eigenvalue weighted by atomic mass is 14.8. The molecule has 8 bridgehead atoms. The Morgan fingerprint density at radius 3 is 1.74 bits per heavy atom. The molecule has 5 aromatic rings. The molecule has 0 atom stereocenters. The van der Waals surface area contributed by atoms with E-state index in [1.807, 2.05) is 0 Å². The molecule has 2 aromatic carbocycles. The Balaban J connectivity index is 1.64. The van der Waals surface area contributed by atoms with E-state index in [1.54, 1.807) is 0 Å². The number of hydrogen-bond acceptors (Lipinski definition) is 2. The fourth-order valence-corrected chi connectivity index (χ4v) is 7.54. The predicted molar refractivity (Wildman–Crippen MR) is 197 cm³/mol. The van der Waals surface area contributed by atoms with Crippen LogP contribution in [-0.2, 0) is 19.3 Å². The van der Waals surface area contributed by atoms with Crippen molar-refractivity contribution in [2.75, 3.05) is 0 Å². The summed E-state index contributed by atoms with van der Waals surface area (Å²) in [6.45, 7) is 13.6. The van der Waals surface area contributed by atoms with Crippen LogP contribution in [0.4, 0.5) is 0 Å². The molecule has 0 fully saturated rings. The summed E-state index contributed by atoms with van der Waals surface area (Å²) >= 11 is 0. The number of aromatic nitrogens is 4. The molecule has 4 heteroatoms. The Bertz CT molecular complexity index is 2170. The van der Waals surface area contributed by atoms with Gasteiger partial charge in [0.25, 0.3) is 0 Å². The van der Waals surface area contributed by atoms with Crippen molar-refractivity contribution >= 4 is 44.0 Å². The Labute approximate surface area is 273 Å². The van der Waals surface area contributed by atoms with E-state index in [1.165, 1.54) is 77.4 Å². The Kier molecular flexibility index (Phi) is 8.15. The maximum absolute atomic E-state index is 5.38. The summed E-state index contributed by atoms with van der Waals surface area (Å²) in [5, 5.41) is 2.47. The Hall–Kier alpha value is -4.44. The lowest BCUT2D eigenvalue weighted by Gasteiger charge is -2.05. The Morgan fingerprint density at radius 1 is 0.543 bits per heavy atom. The zero-order chi connectivity index (χ0) is 31.9. The molecular weight excluding hydrogens is 560 g/mol. The lowest BCUT2D eigenvalue weighted by Crippen LogP contribution is -1.86. The van der Waals surface area contributed by atoms with E-state index in [4.69, 9.17) is 9.97 Å². The third kappa shape index (κ3) is 5.18. The summed E-state index contributed by atoms with van der Waals surface area (Å²) in [4.78, 5) is 18.4. The van der Waals surface area contributed by atoms with E-state index < -0.39 is 0 Å². The minimum Gasteiger partial charge on any atom is -0.355 e. The zero-order valence-electron chi connectivity index (χ0n) is 28.3. The molecule has 46 heavy (non-hydrogen) atoms. The van der Waals surface area contributed by atoms with Gasteiger partial charge in [-0.25, -0.2) is 9.97 Å². The van der Waals surface area contributed by atoms with Gasteiger partial charge in [0.05, 0.1) is 22.8 Å². The zero-order valence-corrected chi connectivity index (χ0v) is 28.3. The molecule has 0 saturated heterocycles. The monoisotopic (exact) mass is 606 g/mol. The molecule has 0 amide bonds. The summed E-state index contributed by atoms with van der Waals surface area (Å²) in [5.41, 5.74) is 19.4. The number of allylic oxidation sites excluding steroid dienone is 2. The van der Waals surface area contributed by atoms with Crippen molar-refractivity contribution < 1.29 is 0 Å². The summed E-state index contributed by atoms with van der Waals surface area (Å²) in [7, 11) is 0. The molecule has 7 rings (SSSR count). The van der Waals surface area contributed by atoms with Crippen molar-refractivity contribution in [1.29, 1.82) is 0 Å². The summed E-state index contributed by atoms with van der Waals surface area (Å²) in [6, 6.07) is 22.5. The second kappa shape index (κ2) is 12.4. The molecule has 4 nitrogen and oxygen atoms in total. The van der Waals surface area contributed by atoms with E-state index >= 15 is 0 Å². The van der Waals surface area contributed by atoms with Crippen LogP contribution in [0.2, 0.25) is 0 Å². The van der Waals surface area contributed by atoms with Crippen LogP contribution in [0, 0.1) is 6.92 Å². The number of aryl methyl sites for hydroxylation is 4. The van der Waals surface area contributed by atoms with Gasteiger partial charge in [-0.15, -0.1) is 0 Å². The topological polar surface area (TPSA) is 57.4 Å². The predicted octanol–water partition coefficient (Wildman–Crippen LogP) is 11.7. The van der Waals surface area contributed by atoms with Crippen molar-refractivity contribution in [3.8, 4) is 22.5 Å². The third-order valence-corrected chi connectivity index (χ3v) is 10.2. The fourth-order valence-electron chi connectivity index (χ4n) is 7.54. The van der Waals surface area contributed by atoms with Gasteiger partial charge in [-0.2, -0.15) is 0 Å². The smallest absolute Gasteiger partial charge is 0.0738 e. The van der Waals surface area contributed by atoms with Crippen LogP contribution in [0.1, 0.15) is 100 Å². The van der Waals surface area contributed by atoms with Crippen LogP contribution in [0.5, 0.6) is 0 Å². The van der Waals surface area contributed by atoms with E-state index in [2.05, 4.69) is 112 Å². The average Bonchev–Trinajstić information content (AvgIpc) is 3.75. The molecule has 0 spiro atoms. The molecule has 2 aliphatic heterocycles. The van der Waals surface area contributed by atoms with Crippen molar-refractivity contribution in [3.05, 3.63) is 94.3 Å². The van der Waals surface area contributed by atoms with Crippen LogP contribution >= 0.6 is 0 Å². The third-order valence-electron chi connectivity index (χ3n) is 10.2. The van der Waals surface area contributed by atoms with E-state index in [0.717, 1.165) is 74.1 Å². The van der Waals surface area contributed by atoms with Gasteiger partial charge in [0.1, 0.15) is 0 Å². The molecule has 3 aromatic heterocycles. The molecule has 0 unspecified atom stereocenters. The van der Waals surface area contributed by atoms with E-state index in [0.29, 0.717) is 0 Å². The van der Waals surface area contributed by atoms with Crippen LogP contribution in [-0.4, -0.2) is 19.9 Å². The Morgan fingerprint density at radius 2 is 1.09 bits per heavy atom. The molecule has 5 heterocycles. The molecule has 2 N–H and O–H groups in total. The van der Waals surface area contributed by atoms with Gasteiger partial charge in [0.15, 0.2) is 0 Å². The van der Waals surface area contributed by atoms with Crippen LogP contribution in [0.3, 0.4) is 0 Å². The van der Waals surface area contributed by atoms with E-state index in [-0.39, 0.29) is 0 Å². The first-order valence-corrected chi connectivity index (χ1v) is 17.4. The minimum atomic E-state index is 0.977. The quantitative estimate of drug-likeness (QED) is 0.181. The number of fused-ring (bicyclic) bond motifs is 12. The van der Waals surface area contributed by atoms with E-state index in [9.17, 15) is 0 Å². The van der Waals surface area contributed by atoms with Gasteiger partial charge in [0.2, 0.25) is 0 Å². The average molecular weight is 607 g/mol. The summed E-state index contributed by atoms with van der Waals surface area (Å²) < 4.78 is 0. The highest BCUT2D eigenvalue weighted by Crippen LogP contribution is 2.41. The second-order valence-corrected chi connectivity index (χ2v) is 13.1. The molecule has 0 saturated carbocycles. The number of H-pyrrole nitrogens is 2. The highest BCUT2D eigenvalue weighted by molar-refractivity contribution is 5.99. The largest absolute Gasteiger partial charge is 0.355 e. The number of nitrogens with zero attached hydrogens (tertiary/aromatic N) is 2. The van der Waals surface area contributed by atoms with Crippen LogP contribution in [0.15, 0.2) is 60.7 Å². The molecule has 0 radical (unpaired) electrons. The second-order valence-electron chi connectivity index (χ2n) is 13.1. The number of hydrogen-bond donors (Lipinski definition) is 2. The molecular formula is C42H46N4. The molecule has 0 aliphatic carbocycles. The fraction of sp³-hybridized carbons (Fsp3) is 0.333. The van der Waals surface area contributed by atoms with Crippen LogP contribution in [0.25, 0.3) is 66.5 Å². The van der Waals surface area contributed by atoms with Gasteiger partial charge >= 0.3 is 0 Å². The van der Waals surface area contributed by atoms with Crippen molar-refractivity contribution in [3.63, 3.8) is 0 Å². The van der Waals surface area contributed by atoms with Gasteiger partial charge in [0, 0.05) is 33.2 Å². The lowest BCUT2D eigenvalue weighted by molar-refractivity contribution is 0.797. The summed E-state index contributed by atoms with van der Waals surface area (Å²) in [6.07, 6.45) is 8.64. The standard InChI is InChI=1S/C42H46N4/c1-7-11-17-31-25(5)35-21-37-29(9-3)30(10-4)38(45-37)22-36-26(6)32(18-12-8-2)40(44-36)24-42-34-20-28-16-14-13-15-27(28)19-33(34)41(46-42)23-39(31)43-35/h13-16,19-24,43,45H,7-12,17-18H2,1-6H3. The number of nitrogens with one attached hydrogen (secondary N) is 2. The number of rotatable bonds is 8. The normalized spacial score (nSPS) is 12.7. The van der Waals surface area contributed by atoms with Gasteiger partial charge < -0.3 is 9.97 Å². The van der Waals surface area contributed by atoms with Gasteiger partial charge in [-0.1, -0.05) is 64.8 Å². The van der Waals surface area contributed by atoms with Crippen LogP contribution < -0.4 is 0 Å². The maximum atomic E-state index is 5.38. The van der Waals surface area contributed by atoms with Gasteiger partial charge in [-0.3, -0.25) is 0 Å². The van der Waals surface area contributed by atoms with Crippen molar-refractivity contribution in [2.45, 2.75) is 92.9 Å². The molecule has 2 aliphatic rings. The van der Waals surface area contributed by atoms with Crippen molar-refractivity contribution in [2.24, 2.45) is 0 Å². The number of aromatic amines is 2. The van der Waals surface area contributed by atoms with Crippen molar-refractivity contribution in [1.82, 2.24) is 19.9 Å². The SMILES string of the molecule is CCCCC1=C(C)c2cc3[nH]c(cc4[nH]c(cc5nc(cc1n2)-c1cc2ccccc2cc1-5)c(CCCC)c4C)c(CC)c3CC.